The molecule has 2 amide bonds. The van der Waals surface area contributed by atoms with Crippen LogP contribution in [-0.4, -0.2) is 35.9 Å². The summed E-state index contributed by atoms with van der Waals surface area (Å²) in [6.07, 6.45) is 1.82. The molecule has 0 spiro atoms. The topological polar surface area (TPSA) is 70.4 Å². The van der Waals surface area contributed by atoms with Gasteiger partial charge in [0.2, 0.25) is 12.3 Å². The number of amides is 2. The smallest absolute Gasteiger partial charge is 0.304 e. The van der Waals surface area contributed by atoms with E-state index in [0.717, 1.165) is 11.1 Å². The van der Waals surface area contributed by atoms with E-state index in [2.05, 4.69) is 10.7 Å². The fourth-order valence-corrected chi connectivity index (χ4v) is 3.63. The van der Waals surface area contributed by atoms with Gasteiger partial charge in [0.15, 0.2) is 6.04 Å². The highest BCUT2D eigenvalue weighted by atomic mass is 35.5. The maximum absolute atomic E-state index is 12.9. The number of halogens is 1. The second-order valence-electron chi connectivity index (χ2n) is 7.10. The molecule has 0 unspecified atom stereocenters. The normalized spacial score (nSPS) is 19.2. The molecule has 1 fully saturated rings. The molecule has 1 aliphatic rings. The van der Waals surface area contributed by atoms with Gasteiger partial charge in [-0.15, -0.1) is 10.1 Å². The van der Waals surface area contributed by atoms with Gasteiger partial charge in [0, 0.05) is 21.7 Å². The van der Waals surface area contributed by atoms with E-state index in [1.54, 1.807) is 48.2 Å². The molecule has 0 aliphatic carbocycles. The van der Waals surface area contributed by atoms with Gasteiger partial charge in [-0.1, -0.05) is 41.9 Å². The van der Waals surface area contributed by atoms with Crippen LogP contribution in [0, 0.1) is 0 Å². The molecule has 1 saturated heterocycles. The minimum absolute atomic E-state index is 0.291. The third-order valence-electron chi connectivity index (χ3n) is 5.08. The number of carbonyl (C=O) groups excluding carboxylic acids is 2. The first kappa shape index (κ1) is 20.6. The molecule has 1 heterocycles. The SMILES string of the molecule is COc1ccc(C(=O)N[C@H]2C(=O)N/[N+](=C\c3ccc(Cl)cc3)[C@H]2c2ccccc2)cc1. The van der Waals surface area contributed by atoms with Crippen LogP contribution in [-0.2, 0) is 4.79 Å². The number of ether oxygens (including phenoxy) is 1. The van der Waals surface area contributed by atoms with E-state index in [0.29, 0.717) is 16.3 Å². The van der Waals surface area contributed by atoms with Crippen molar-refractivity contribution in [2.45, 2.75) is 12.1 Å². The fourth-order valence-electron chi connectivity index (χ4n) is 3.51. The number of rotatable bonds is 5. The third-order valence-corrected chi connectivity index (χ3v) is 5.33. The van der Waals surface area contributed by atoms with Crippen molar-refractivity contribution in [3.63, 3.8) is 0 Å². The Balaban J connectivity index is 1.65. The zero-order valence-electron chi connectivity index (χ0n) is 16.8. The second kappa shape index (κ2) is 9.02. The molecule has 0 radical (unpaired) electrons. The zero-order valence-corrected chi connectivity index (χ0v) is 17.5. The standard InChI is InChI=1S/C24H20ClN3O3/c1-31-20-13-9-18(10-14-20)23(29)26-21-22(17-5-3-2-4-6-17)28(27-24(21)30)15-16-7-11-19(25)12-8-16/h2-15,21-22H,1H3,(H-,26,27,29,30)/p+1/b28-15-/t21-,22+/m1/s1. The monoisotopic (exact) mass is 434 g/mol. The molecule has 31 heavy (non-hydrogen) atoms. The van der Waals surface area contributed by atoms with Gasteiger partial charge in [0.05, 0.1) is 7.11 Å². The lowest BCUT2D eigenvalue weighted by Gasteiger charge is -2.14. The molecule has 1 aliphatic heterocycles. The van der Waals surface area contributed by atoms with E-state index in [1.165, 1.54) is 0 Å². The van der Waals surface area contributed by atoms with Gasteiger partial charge in [-0.05, 0) is 48.5 Å². The summed E-state index contributed by atoms with van der Waals surface area (Å²) in [7, 11) is 1.56. The number of methoxy groups -OCH3 is 1. The highest BCUT2D eigenvalue weighted by Gasteiger charge is 2.47. The van der Waals surface area contributed by atoms with Crippen molar-refractivity contribution in [3.05, 3.63) is 101 Å². The number of nitrogens with zero attached hydrogens (tertiary/aromatic N) is 1. The van der Waals surface area contributed by atoms with Crippen LogP contribution in [0.3, 0.4) is 0 Å². The van der Waals surface area contributed by atoms with E-state index >= 15 is 0 Å². The zero-order chi connectivity index (χ0) is 21.8. The van der Waals surface area contributed by atoms with Crippen molar-refractivity contribution < 1.29 is 19.0 Å². The van der Waals surface area contributed by atoms with Crippen LogP contribution in [0.15, 0.2) is 78.9 Å². The van der Waals surface area contributed by atoms with E-state index in [4.69, 9.17) is 16.3 Å². The number of hydrogen-bond donors (Lipinski definition) is 2. The molecule has 6 nitrogen and oxygen atoms in total. The van der Waals surface area contributed by atoms with Crippen LogP contribution < -0.4 is 15.5 Å². The van der Waals surface area contributed by atoms with Gasteiger partial charge in [-0.2, -0.15) is 0 Å². The number of nitrogens with one attached hydrogen (secondary N) is 2. The van der Waals surface area contributed by atoms with Gasteiger partial charge in [0.25, 0.3) is 5.91 Å². The lowest BCUT2D eigenvalue weighted by molar-refractivity contribution is -0.596. The molecule has 0 aromatic heterocycles. The van der Waals surface area contributed by atoms with E-state index < -0.39 is 12.1 Å². The number of carbonyl (C=O) groups is 2. The molecule has 0 saturated carbocycles. The summed E-state index contributed by atoms with van der Waals surface area (Å²) in [4.78, 5) is 25.7. The highest BCUT2D eigenvalue weighted by Crippen LogP contribution is 2.25. The molecular formula is C24H21ClN3O3+. The number of hydrazine groups is 1. The average Bonchev–Trinajstić information content (AvgIpc) is 3.10. The van der Waals surface area contributed by atoms with Crippen molar-refractivity contribution in [2.24, 2.45) is 0 Å². The minimum Gasteiger partial charge on any atom is -0.497 e. The summed E-state index contributed by atoms with van der Waals surface area (Å²) in [5.41, 5.74) is 5.07. The van der Waals surface area contributed by atoms with E-state index in [-0.39, 0.29) is 11.8 Å². The molecule has 4 rings (SSSR count). The summed E-state index contributed by atoms with van der Waals surface area (Å²) in [5.74, 6) is 0.0269. The predicted octanol–water partition coefficient (Wildman–Crippen LogP) is 3.36. The van der Waals surface area contributed by atoms with Crippen LogP contribution in [0.25, 0.3) is 0 Å². The molecule has 7 heteroatoms. The van der Waals surface area contributed by atoms with Crippen LogP contribution in [0.2, 0.25) is 5.02 Å². The minimum atomic E-state index is -0.777. The molecule has 0 bridgehead atoms. The van der Waals surface area contributed by atoms with Gasteiger partial charge in [-0.25, -0.2) is 0 Å². The Kier molecular flexibility index (Phi) is 6.00. The lowest BCUT2D eigenvalue weighted by atomic mass is 10.00. The Labute approximate surface area is 185 Å². The van der Waals surface area contributed by atoms with E-state index in [9.17, 15) is 9.59 Å². The number of benzene rings is 3. The highest BCUT2D eigenvalue weighted by molar-refractivity contribution is 6.30. The molecule has 3 aromatic rings. The fraction of sp³-hybridized carbons (Fsp3) is 0.125. The summed E-state index contributed by atoms with van der Waals surface area (Å²) in [6, 6.07) is 22.4. The predicted molar refractivity (Wildman–Crippen MR) is 118 cm³/mol. The Bertz CT molecular complexity index is 1110. The summed E-state index contributed by atoms with van der Waals surface area (Å²) in [6.45, 7) is 0. The first-order valence-corrected chi connectivity index (χ1v) is 10.1. The maximum Gasteiger partial charge on any atom is 0.304 e. The van der Waals surface area contributed by atoms with Crippen molar-refractivity contribution in [1.29, 1.82) is 0 Å². The Hall–Kier alpha value is -3.64. The van der Waals surface area contributed by atoms with Gasteiger partial charge < -0.3 is 10.1 Å². The largest absolute Gasteiger partial charge is 0.497 e. The average molecular weight is 435 g/mol. The van der Waals surface area contributed by atoms with Gasteiger partial charge in [-0.3, -0.25) is 9.59 Å². The molecular weight excluding hydrogens is 414 g/mol. The molecule has 3 aromatic carbocycles. The van der Waals surface area contributed by atoms with Crippen LogP contribution in [0.5, 0.6) is 5.75 Å². The second-order valence-corrected chi connectivity index (χ2v) is 7.54. The van der Waals surface area contributed by atoms with Crippen LogP contribution in [0.4, 0.5) is 0 Å². The number of hydrogen-bond acceptors (Lipinski definition) is 3. The Morgan fingerprint density at radius 2 is 1.71 bits per heavy atom. The maximum atomic E-state index is 12.9. The molecule has 2 N–H and O–H groups in total. The molecule has 156 valence electrons. The van der Waals surface area contributed by atoms with Crippen molar-refractivity contribution in [3.8, 4) is 5.75 Å². The van der Waals surface area contributed by atoms with Gasteiger partial charge >= 0.3 is 5.91 Å². The van der Waals surface area contributed by atoms with Crippen molar-refractivity contribution in [1.82, 2.24) is 10.7 Å². The Morgan fingerprint density at radius 3 is 2.35 bits per heavy atom. The first-order chi connectivity index (χ1) is 15.0. The third kappa shape index (κ3) is 4.59. The molecule has 2 atom stereocenters. The van der Waals surface area contributed by atoms with Crippen LogP contribution in [0.1, 0.15) is 27.5 Å². The summed E-state index contributed by atoms with van der Waals surface area (Å²) >= 11 is 5.98. The van der Waals surface area contributed by atoms with Gasteiger partial charge in [0.1, 0.15) is 5.75 Å². The first-order valence-electron chi connectivity index (χ1n) is 9.74. The van der Waals surface area contributed by atoms with Crippen molar-refractivity contribution in [2.75, 3.05) is 7.11 Å². The summed E-state index contributed by atoms with van der Waals surface area (Å²) < 4.78 is 6.86. The van der Waals surface area contributed by atoms with Crippen molar-refractivity contribution >= 4 is 29.6 Å². The summed E-state index contributed by atoms with van der Waals surface area (Å²) in [5, 5.41) is 3.51. The number of hydrazone groups is 1. The Morgan fingerprint density at radius 1 is 1.03 bits per heavy atom. The van der Waals surface area contributed by atoms with Crippen LogP contribution >= 0.6 is 11.6 Å². The van der Waals surface area contributed by atoms with E-state index in [1.807, 2.05) is 48.7 Å². The lowest BCUT2D eigenvalue weighted by Crippen LogP contribution is -2.42. The quantitative estimate of drug-likeness (QED) is 0.605.